The van der Waals surface area contributed by atoms with E-state index in [4.69, 9.17) is 0 Å². The molecule has 0 radical (unpaired) electrons. The van der Waals surface area contributed by atoms with Crippen LogP contribution in [0.3, 0.4) is 0 Å². The highest BCUT2D eigenvalue weighted by Gasteiger charge is 2.12. The highest BCUT2D eigenvalue weighted by molar-refractivity contribution is 8.00. The lowest BCUT2D eigenvalue weighted by molar-refractivity contribution is -0.119. The molecule has 1 N–H and O–H groups in total. The van der Waals surface area contributed by atoms with E-state index in [1.165, 1.54) is 11.8 Å². The summed E-state index contributed by atoms with van der Waals surface area (Å²) in [6.45, 7) is 4.06. The molecule has 6 heteroatoms. The topological polar surface area (TPSA) is 59.3 Å². The van der Waals surface area contributed by atoms with Gasteiger partial charge in [-0.1, -0.05) is 18.7 Å². The third-order valence-electron chi connectivity index (χ3n) is 3.56. The second-order valence-corrected chi connectivity index (χ2v) is 6.16. The second-order valence-electron chi connectivity index (χ2n) is 5.19. The predicted octanol–water partition coefficient (Wildman–Crippen LogP) is 2.89. The molecule has 3 rings (SSSR count). The summed E-state index contributed by atoms with van der Waals surface area (Å²) >= 11 is 1.45. The maximum Gasteiger partial charge on any atom is 0.230 e. The van der Waals surface area contributed by atoms with Crippen molar-refractivity contribution < 1.29 is 4.79 Å². The van der Waals surface area contributed by atoms with E-state index < -0.39 is 0 Å². The summed E-state index contributed by atoms with van der Waals surface area (Å²) in [7, 11) is 0. The molecule has 3 aromatic rings. The molecule has 1 atom stereocenters. The Hall–Kier alpha value is -2.08. The lowest BCUT2D eigenvalue weighted by Gasteiger charge is -2.11. The predicted molar refractivity (Wildman–Crippen MR) is 89.1 cm³/mol. The molecular formula is C16H18N4OS. The van der Waals surface area contributed by atoms with Gasteiger partial charge in [0.15, 0.2) is 5.65 Å². The van der Waals surface area contributed by atoms with Crippen LogP contribution in [0.1, 0.15) is 20.3 Å². The number of pyridine rings is 1. The Morgan fingerprint density at radius 1 is 1.36 bits per heavy atom. The summed E-state index contributed by atoms with van der Waals surface area (Å²) in [6, 6.07) is 8.08. The molecule has 5 nitrogen and oxygen atoms in total. The highest BCUT2D eigenvalue weighted by Crippen LogP contribution is 2.25. The molecule has 0 saturated heterocycles. The monoisotopic (exact) mass is 314 g/mol. The number of rotatable bonds is 5. The van der Waals surface area contributed by atoms with Gasteiger partial charge < -0.3 is 9.72 Å². The molecule has 0 aliphatic heterocycles. The molecule has 0 bridgehead atoms. The Balaban J connectivity index is 1.86. The summed E-state index contributed by atoms with van der Waals surface area (Å²) in [4.78, 5) is 20.9. The number of carbonyl (C=O) groups is 1. The summed E-state index contributed by atoms with van der Waals surface area (Å²) in [5.41, 5.74) is 2.66. The summed E-state index contributed by atoms with van der Waals surface area (Å²) < 4.78 is 2.06. The number of carbonyl (C=O) groups excluding carboxylic acids is 1. The number of hydrogen-bond acceptors (Lipinski definition) is 4. The van der Waals surface area contributed by atoms with E-state index in [2.05, 4.69) is 26.6 Å². The lowest BCUT2D eigenvalue weighted by Crippen LogP contribution is -2.33. The molecule has 114 valence electrons. The van der Waals surface area contributed by atoms with Gasteiger partial charge in [0.25, 0.3) is 0 Å². The summed E-state index contributed by atoms with van der Waals surface area (Å²) in [5, 5.41) is 3.80. The summed E-state index contributed by atoms with van der Waals surface area (Å²) in [6.07, 6.45) is 4.65. The van der Waals surface area contributed by atoms with Crippen molar-refractivity contribution >= 4 is 34.3 Å². The average Bonchev–Trinajstić information content (AvgIpc) is 3.02. The van der Waals surface area contributed by atoms with Crippen LogP contribution >= 0.6 is 11.8 Å². The van der Waals surface area contributed by atoms with Crippen LogP contribution in [0.25, 0.3) is 16.7 Å². The van der Waals surface area contributed by atoms with Gasteiger partial charge in [-0.3, -0.25) is 4.79 Å². The van der Waals surface area contributed by atoms with E-state index in [0.29, 0.717) is 11.4 Å². The maximum absolute atomic E-state index is 11.9. The molecule has 3 heterocycles. The van der Waals surface area contributed by atoms with E-state index in [-0.39, 0.29) is 11.9 Å². The van der Waals surface area contributed by atoms with Gasteiger partial charge >= 0.3 is 0 Å². The molecule has 22 heavy (non-hydrogen) atoms. The maximum atomic E-state index is 11.9. The number of fused-ring (bicyclic) bond motifs is 3. The van der Waals surface area contributed by atoms with Crippen LogP contribution in [-0.2, 0) is 4.79 Å². The Morgan fingerprint density at radius 2 is 2.18 bits per heavy atom. The fourth-order valence-electron chi connectivity index (χ4n) is 2.24. The Morgan fingerprint density at radius 3 is 3.00 bits per heavy atom. The molecule has 0 aliphatic carbocycles. The molecule has 0 spiro atoms. The zero-order chi connectivity index (χ0) is 15.5. The molecule has 1 amide bonds. The van der Waals surface area contributed by atoms with E-state index in [1.54, 1.807) is 6.20 Å². The number of aromatic nitrogens is 3. The fraction of sp³-hybridized carbons (Fsp3) is 0.312. The lowest BCUT2D eigenvalue weighted by atomic mass is 10.3. The largest absolute Gasteiger partial charge is 0.353 e. The van der Waals surface area contributed by atoms with Gasteiger partial charge in [-0.05, 0) is 37.6 Å². The number of thioether (sulfide) groups is 1. The van der Waals surface area contributed by atoms with Crippen LogP contribution in [0, 0.1) is 0 Å². The van der Waals surface area contributed by atoms with Crippen molar-refractivity contribution in [3.63, 3.8) is 0 Å². The first-order chi connectivity index (χ1) is 10.7. The average molecular weight is 314 g/mol. The molecular weight excluding hydrogens is 296 g/mol. The smallest absolute Gasteiger partial charge is 0.230 e. The van der Waals surface area contributed by atoms with Crippen LogP contribution in [0.2, 0.25) is 0 Å². The van der Waals surface area contributed by atoms with Crippen molar-refractivity contribution in [3.8, 4) is 0 Å². The third kappa shape index (κ3) is 2.92. The van der Waals surface area contributed by atoms with Gasteiger partial charge in [0.1, 0.15) is 5.03 Å². The molecule has 0 unspecified atom stereocenters. The van der Waals surface area contributed by atoms with Gasteiger partial charge in [-0.15, -0.1) is 0 Å². The van der Waals surface area contributed by atoms with E-state index in [1.807, 2.05) is 37.4 Å². The number of hydrogen-bond donors (Lipinski definition) is 1. The first-order valence-corrected chi connectivity index (χ1v) is 8.31. The van der Waals surface area contributed by atoms with E-state index in [9.17, 15) is 4.79 Å². The normalized spacial score (nSPS) is 12.6. The minimum Gasteiger partial charge on any atom is -0.353 e. The molecule has 3 aromatic heterocycles. The first kappa shape index (κ1) is 14.8. The molecule has 0 fully saturated rings. The Kier molecular flexibility index (Phi) is 4.29. The molecule has 0 aliphatic rings. The van der Waals surface area contributed by atoms with Crippen molar-refractivity contribution in [3.05, 3.63) is 36.7 Å². The van der Waals surface area contributed by atoms with Gasteiger partial charge in [0.05, 0.1) is 16.8 Å². The van der Waals surface area contributed by atoms with Crippen LogP contribution in [0.4, 0.5) is 0 Å². The van der Waals surface area contributed by atoms with Gasteiger partial charge in [0.2, 0.25) is 5.91 Å². The van der Waals surface area contributed by atoms with Gasteiger partial charge in [0, 0.05) is 18.4 Å². The summed E-state index contributed by atoms with van der Waals surface area (Å²) in [5.74, 6) is 0.392. The van der Waals surface area contributed by atoms with Crippen molar-refractivity contribution in [1.82, 2.24) is 19.7 Å². The van der Waals surface area contributed by atoms with Crippen molar-refractivity contribution in [2.45, 2.75) is 31.3 Å². The van der Waals surface area contributed by atoms with Gasteiger partial charge in [-0.25, -0.2) is 9.97 Å². The first-order valence-electron chi connectivity index (χ1n) is 7.33. The Bertz CT molecular complexity index is 814. The van der Waals surface area contributed by atoms with Crippen LogP contribution in [0.5, 0.6) is 0 Å². The highest BCUT2D eigenvalue weighted by atomic mass is 32.2. The molecule has 0 saturated carbocycles. The quantitative estimate of drug-likeness (QED) is 0.736. The second kappa shape index (κ2) is 6.36. The standard InChI is InChI=1S/C16H18N4OS/c1-3-11(2)18-14(21)10-22-16-13-7-5-9-20(13)12-6-4-8-17-15(12)19-16/h4-9,11H,3,10H2,1-2H3,(H,18,21)/t11-/m0/s1. The number of nitrogens with zero attached hydrogens (tertiary/aromatic N) is 3. The Labute approximate surface area is 133 Å². The third-order valence-corrected chi connectivity index (χ3v) is 4.54. The zero-order valence-corrected chi connectivity index (χ0v) is 13.4. The van der Waals surface area contributed by atoms with Gasteiger partial charge in [-0.2, -0.15) is 0 Å². The van der Waals surface area contributed by atoms with Crippen molar-refractivity contribution in [2.24, 2.45) is 0 Å². The van der Waals surface area contributed by atoms with E-state index >= 15 is 0 Å². The van der Waals surface area contributed by atoms with Crippen molar-refractivity contribution in [2.75, 3.05) is 5.75 Å². The minimum atomic E-state index is 0.0342. The minimum absolute atomic E-state index is 0.0342. The van der Waals surface area contributed by atoms with Crippen LogP contribution in [0.15, 0.2) is 41.7 Å². The zero-order valence-electron chi connectivity index (χ0n) is 12.6. The fourth-order valence-corrected chi connectivity index (χ4v) is 3.06. The number of nitrogens with one attached hydrogen (secondary N) is 1. The van der Waals surface area contributed by atoms with E-state index in [0.717, 1.165) is 22.5 Å². The van der Waals surface area contributed by atoms with Crippen LogP contribution < -0.4 is 5.32 Å². The SMILES string of the molecule is CC[C@H](C)NC(=O)CSc1nc2ncccc2n2cccc12. The molecule has 0 aromatic carbocycles. The van der Waals surface area contributed by atoms with Crippen molar-refractivity contribution in [1.29, 1.82) is 0 Å². The van der Waals surface area contributed by atoms with Crippen LogP contribution in [-0.4, -0.2) is 32.1 Å². The number of amides is 1.